The van der Waals surface area contributed by atoms with E-state index in [1.165, 1.54) is 141 Å². The molecule has 0 aromatic rings. The highest BCUT2D eigenvalue weighted by molar-refractivity contribution is 7.47. The van der Waals surface area contributed by atoms with Gasteiger partial charge in [-0.25, -0.2) is 4.57 Å². The molecule has 0 aromatic heterocycles. The summed E-state index contributed by atoms with van der Waals surface area (Å²) in [6, 6.07) is 0. The number of carbonyl (C=O) groups is 1. The van der Waals surface area contributed by atoms with E-state index in [0.29, 0.717) is 24.1 Å². The molecule has 8 nitrogen and oxygen atoms in total. The van der Waals surface area contributed by atoms with E-state index >= 15 is 0 Å². The van der Waals surface area contributed by atoms with Crippen LogP contribution >= 0.6 is 7.82 Å². The van der Waals surface area contributed by atoms with Crippen molar-refractivity contribution in [2.45, 2.75) is 213 Å². The summed E-state index contributed by atoms with van der Waals surface area (Å²) >= 11 is 0. The Kier molecular flexibility index (Phi) is 40.5. The third-order valence-electron chi connectivity index (χ3n) is 10.2. The molecule has 0 spiro atoms. The molecular formula is C48H93NO7P+. The van der Waals surface area contributed by atoms with E-state index in [1.807, 2.05) is 21.1 Å². The SMILES string of the molecule is CCCCCC/C=C\C/C=C\CCCCCCCCCC(=O)OC(COCCCCCCCC/C=C\CCCCCCCCC)COP(=O)(O)OCC[N+](C)(C)C. The van der Waals surface area contributed by atoms with E-state index in [2.05, 4.69) is 50.3 Å². The lowest BCUT2D eigenvalue weighted by atomic mass is 10.1. The van der Waals surface area contributed by atoms with Crippen LogP contribution in [0.3, 0.4) is 0 Å². The monoisotopic (exact) mass is 827 g/mol. The summed E-state index contributed by atoms with van der Waals surface area (Å²) in [7, 11) is 1.66. The zero-order valence-corrected chi connectivity index (χ0v) is 39.0. The van der Waals surface area contributed by atoms with Gasteiger partial charge in [0.1, 0.15) is 19.3 Å². The summed E-state index contributed by atoms with van der Waals surface area (Å²) in [5, 5.41) is 0. The number of quaternary nitrogens is 1. The van der Waals surface area contributed by atoms with Crippen LogP contribution in [0, 0.1) is 0 Å². The van der Waals surface area contributed by atoms with Crippen molar-refractivity contribution in [3.63, 3.8) is 0 Å². The van der Waals surface area contributed by atoms with Gasteiger partial charge in [0.25, 0.3) is 0 Å². The Morgan fingerprint density at radius 3 is 1.46 bits per heavy atom. The van der Waals surface area contributed by atoms with Gasteiger partial charge in [0.05, 0.1) is 34.4 Å². The standard InChI is InChI=1S/C48H92NO7P/c1-6-8-10-12-14-16-18-20-22-24-25-27-29-31-33-35-37-39-41-48(50)56-47(46-55-57(51,52)54-44-42-49(3,4)5)45-53-43-40-38-36-34-32-30-28-26-23-21-19-17-15-13-11-9-7-2/h16,18,22-24,26,47H,6-15,17,19-21,25,27-46H2,1-5H3/p+1/b18-16-,24-22-,26-23-. The quantitative estimate of drug-likeness (QED) is 0.0215. The number of ether oxygens (including phenoxy) is 2. The van der Waals surface area contributed by atoms with Gasteiger partial charge in [0.15, 0.2) is 0 Å². The average Bonchev–Trinajstić information content (AvgIpc) is 3.16. The second kappa shape index (κ2) is 41.5. The van der Waals surface area contributed by atoms with Gasteiger partial charge in [-0.3, -0.25) is 13.8 Å². The molecule has 2 unspecified atom stereocenters. The highest BCUT2D eigenvalue weighted by Crippen LogP contribution is 2.43. The first kappa shape index (κ1) is 55.7. The molecule has 57 heavy (non-hydrogen) atoms. The minimum atomic E-state index is -4.28. The van der Waals surface area contributed by atoms with Crippen molar-refractivity contribution in [1.82, 2.24) is 0 Å². The van der Waals surface area contributed by atoms with Gasteiger partial charge in [0, 0.05) is 13.0 Å². The zero-order chi connectivity index (χ0) is 42.0. The molecule has 1 N–H and O–H groups in total. The van der Waals surface area contributed by atoms with Gasteiger partial charge in [-0.15, -0.1) is 0 Å². The minimum absolute atomic E-state index is 0.0858. The molecule has 0 saturated heterocycles. The molecule has 336 valence electrons. The molecule has 0 aliphatic heterocycles. The Labute approximate surface area is 353 Å². The summed E-state index contributed by atoms with van der Waals surface area (Å²) in [5.74, 6) is -0.323. The van der Waals surface area contributed by atoms with E-state index in [9.17, 15) is 14.3 Å². The third-order valence-corrected chi connectivity index (χ3v) is 11.2. The van der Waals surface area contributed by atoms with Crippen LogP contribution in [0.1, 0.15) is 206 Å². The number of esters is 1. The first-order valence-electron chi connectivity index (χ1n) is 23.7. The van der Waals surface area contributed by atoms with Gasteiger partial charge in [0.2, 0.25) is 0 Å². The number of carbonyl (C=O) groups excluding carboxylic acids is 1. The highest BCUT2D eigenvalue weighted by Gasteiger charge is 2.26. The topological polar surface area (TPSA) is 91.3 Å². The molecule has 2 atom stereocenters. The van der Waals surface area contributed by atoms with Gasteiger partial charge in [-0.05, 0) is 70.6 Å². The maximum atomic E-state index is 12.7. The number of allylic oxidation sites excluding steroid dienone is 6. The molecule has 0 bridgehead atoms. The van der Waals surface area contributed by atoms with Gasteiger partial charge in [-0.1, -0.05) is 166 Å². The normalized spacial score (nSPS) is 14.0. The molecule has 0 rings (SSSR count). The van der Waals surface area contributed by atoms with Crippen molar-refractivity contribution in [1.29, 1.82) is 0 Å². The lowest BCUT2D eigenvalue weighted by molar-refractivity contribution is -0.870. The smallest absolute Gasteiger partial charge is 0.457 e. The lowest BCUT2D eigenvalue weighted by Crippen LogP contribution is -2.37. The third kappa shape index (κ3) is 45.7. The Bertz CT molecular complexity index is 1010. The molecule has 0 saturated carbocycles. The number of phosphoric acid groups is 1. The largest absolute Gasteiger partial charge is 0.472 e. The minimum Gasteiger partial charge on any atom is -0.457 e. The molecule has 0 aliphatic carbocycles. The van der Waals surface area contributed by atoms with Crippen LogP contribution in [0.2, 0.25) is 0 Å². The van der Waals surface area contributed by atoms with Crippen molar-refractivity contribution in [2.75, 3.05) is 54.1 Å². The van der Waals surface area contributed by atoms with Crippen LogP contribution in [0.25, 0.3) is 0 Å². The number of unbranched alkanes of at least 4 members (excludes halogenated alkanes) is 24. The van der Waals surface area contributed by atoms with Gasteiger partial charge in [-0.2, -0.15) is 0 Å². The number of hydrogen-bond donors (Lipinski definition) is 1. The van der Waals surface area contributed by atoms with E-state index in [-0.39, 0.29) is 25.8 Å². The predicted molar refractivity (Wildman–Crippen MR) is 243 cm³/mol. The van der Waals surface area contributed by atoms with E-state index < -0.39 is 13.9 Å². The predicted octanol–water partition coefficient (Wildman–Crippen LogP) is 14.2. The number of nitrogens with zero attached hydrogens (tertiary/aromatic N) is 1. The summed E-state index contributed by atoms with van der Waals surface area (Å²) < 4.78 is 35.1. The van der Waals surface area contributed by atoms with Crippen molar-refractivity contribution >= 4 is 13.8 Å². The maximum absolute atomic E-state index is 12.7. The Balaban J connectivity index is 4.22. The van der Waals surface area contributed by atoms with Crippen LogP contribution in [-0.4, -0.2) is 75.6 Å². The van der Waals surface area contributed by atoms with Gasteiger partial charge < -0.3 is 18.9 Å². The second-order valence-corrected chi connectivity index (χ2v) is 18.6. The highest BCUT2D eigenvalue weighted by atomic mass is 31.2. The zero-order valence-electron chi connectivity index (χ0n) is 38.1. The number of phosphoric ester groups is 1. The lowest BCUT2D eigenvalue weighted by Gasteiger charge is -2.24. The Morgan fingerprint density at radius 2 is 0.965 bits per heavy atom. The van der Waals surface area contributed by atoms with Crippen molar-refractivity contribution in [3.8, 4) is 0 Å². The molecule has 0 aliphatic rings. The maximum Gasteiger partial charge on any atom is 0.472 e. The number of likely N-dealkylation sites (N-methyl/N-ethyl adjacent to an activating group) is 1. The summed E-state index contributed by atoms with van der Waals surface area (Å²) in [4.78, 5) is 22.9. The number of rotatable bonds is 44. The van der Waals surface area contributed by atoms with Crippen LogP contribution in [0.15, 0.2) is 36.5 Å². The van der Waals surface area contributed by atoms with Crippen LogP contribution < -0.4 is 0 Å². The fourth-order valence-electron chi connectivity index (χ4n) is 6.46. The summed E-state index contributed by atoms with van der Waals surface area (Å²) in [5.41, 5.74) is 0. The fourth-order valence-corrected chi connectivity index (χ4v) is 7.20. The van der Waals surface area contributed by atoms with Crippen LogP contribution in [0.5, 0.6) is 0 Å². The average molecular weight is 827 g/mol. The molecule has 0 aromatic carbocycles. The van der Waals surface area contributed by atoms with Crippen molar-refractivity contribution in [3.05, 3.63) is 36.5 Å². The Hall–Kier alpha value is -1.28. The molecule has 9 heteroatoms. The fraction of sp³-hybridized carbons (Fsp3) is 0.854. The van der Waals surface area contributed by atoms with Crippen molar-refractivity contribution < 1.29 is 37.3 Å². The molecule has 0 heterocycles. The first-order valence-corrected chi connectivity index (χ1v) is 25.2. The van der Waals surface area contributed by atoms with Crippen LogP contribution in [-0.2, 0) is 27.9 Å². The molecule has 0 radical (unpaired) electrons. The van der Waals surface area contributed by atoms with Crippen molar-refractivity contribution in [2.24, 2.45) is 0 Å². The summed E-state index contributed by atoms with van der Waals surface area (Å²) in [6.07, 6.45) is 48.9. The van der Waals surface area contributed by atoms with Crippen LogP contribution in [0.4, 0.5) is 0 Å². The first-order chi connectivity index (χ1) is 27.6. The van der Waals surface area contributed by atoms with E-state index in [0.717, 1.165) is 44.9 Å². The molecule has 0 amide bonds. The molecular weight excluding hydrogens is 734 g/mol. The molecule has 0 fully saturated rings. The van der Waals surface area contributed by atoms with Gasteiger partial charge >= 0.3 is 13.8 Å². The summed E-state index contributed by atoms with van der Waals surface area (Å²) in [6.45, 7) is 5.60. The van der Waals surface area contributed by atoms with E-state index in [4.69, 9.17) is 18.5 Å². The Morgan fingerprint density at radius 1 is 0.544 bits per heavy atom. The number of hydrogen-bond acceptors (Lipinski definition) is 6. The van der Waals surface area contributed by atoms with E-state index in [1.54, 1.807) is 0 Å². The second-order valence-electron chi connectivity index (χ2n) is 17.1.